The predicted molar refractivity (Wildman–Crippen MR) is 232 cm³/mol. The standard InChI is InChI=1S/C44H78O24/c1-16-22(29(52-7)23(17-45)51-6)61-41-38(58-13)34(54-9)30(25(63-41)19-48-3)67-43-40(60-15)36(56-11)32(27(65-43)21-50-5)68-44-39(59-14)35(55-10)31(26(64-44)20-49-4)66-42-37(57-12)33(53-8)28(46)24(62-42)18-47-2/h16-17,22-44,46H,1,18-21H2,2-15H3/t22-,23+,24-,25-,26-,27-,28-,29+,30-,31-,32-,33+,34+,35+,36+,37-,38-,39-,40-,41+,42-,43-,44-/m1/s1. The van der Waals surface area contributed by atoms with Gasteiger partial charge in [0.1, 0.15) is 116 Å². The molecule has 4 rings (SSSR count). The molecule has 0 aromatic heterocycles. The van der Waals surface area contributed by atoms with E-state index in [0.717, 1.165) is 0 Å². The SMILES string of the molecule is C=C[C@@H](O[C@H]1O[C@H](COC)[C@@H](O[C@H]2O[C@H](COC)[C@@H](O[C@H]3O[C@H](COC)[C@@H](O[C@H]4O[C@H](COC)[C@@H](O)[C@H](OC)[C@H]4OC)[C@H](OC)[C@H]3OC)[C@H](OC)[C@H]2OC)[C@H](OC)[C@H]1OC)[C@H](OC)[C@H](C=O)OC. The Morgan fingerprint density at radius 3 is 1.06 bits per heavy atom. The molecule has 0 aliphatic carbocycles. The molecule has 4 aliphatic heterocycles. The topological polar surface area (TPSA) is 240 Å². The van der Waals surface area contributed by atoms with E-state index >= 15 is 0 Å². The number of aliphatic hydroxyl groups is 1. The Morgan fingerprint density at radius 2 is 0.750 bits per heavy atom. The first-order valence-electron chi connectivity index (χ1n) is 22.2. The van der Waals surface area contributed by atoms with Crippen molar-refractivity contribution in [3.05, 3.63) is 12.7 Å². The second-order valence-corrected chi connectivity index (χ2v) is 16.3. The van der Waals surface area contributed by atoms with Gasteiger partial charge in [0.2, 0.25) is 0 Å². The molecule has 23 atom stereocenters. The maximum atomic E-state index is 11.9. The van der Waals surface area contributed by atoms with Gasteiger partial charge in [0.15, 0.2) is 31.4 Å². The highest BCUT2D eigenvalue weighted by atomic mass is 16.8. The summed E-state index contributed by atoms with van der Waals surface area (Å²) in [5, 5.41) is 11.0. The summed E-state index contributed by atoms with van der Waals surface area (Å²) >= 11 is 0. The second kappa shape index (κ2) is 29.9. The number of aliphatic hydroxyl groups excluding tert-OH is 1. The van der Waals surface area contributed by atoms with Crippen LogP contribution < -0.4 is 0 Å². The molecule has 68 heavy (non-hydrogen) atoms. The van der Waals surface area contributed by atoms with Crippen LogP contribution in [0.25, 0.3) is 0 Å². The summed E-state index contributed by atoms with van der Waals surface area (Å²) in [6.45, 7) is 3.97. The Morgan fingerprint density at radius 1 is 0.426 bits per heavy atom. The van der Waals surface area contributed by atoms with Crippen LogP contribution in [0, 0.1) is 0 Å². The average Bonchev–Trinajstić information content (AvgIpc) is 3.34. The molecule has 0 spiro atoms. The van der Waals surface area contributed by atoms with Gasteiger partial charge in [-0.3, -0.25) is 0 Å². The summed E-state index contributed by atoms with van der Waals surface area (Å²) in [4.78, 5) is 11.9. The molecule has 4 heterocycles. The van der Waals surface area contributed by atoms with Crippen LogP contribution >= 0.6 is 0 Å². The molecule has 24 heteroatoms. The van der Waals surface area contributed by atoms with Crippen LogP contribution in [-0.4, -0.2) is 278 Å². The van der Waals surface area contributed by atoms with E-state index in [0.29, 0.717) is 6.29 Å². The van der Waals surface area contributed by atoms with E-state index in [-0.39, 0.29) is 26.4 Å². The molecular weight excluding hydrogens is 912 g/mol. The summed E-state index contributed by atoms with van der Waals surface area (Å²) in [5.74, 6) is 0. The first-order valence-corrected chi connectivity index (χ1v) is 22.2. The number of ether oxygens (including phenoxy) is 22. The summed E-state index contributed by atoms with van der Waals surface area (Å²) in [5.41, 5.74) is 0. The van der Waals surface area contributed by atoms with Gasteiger partial charge in [-0.1, -0.05) is 6.08 Å². The highest BCUT2D eigenvalue weighted by Crippen LogP contribution is 2.38. The smallest absolute Gasteiger partial charge is 0.187 e. The van der Waals surface area contributed by atoms with Crippen molar-refractivity contribution >= 4 is 6.29 Å². The van der Waals surface area contributed by atoms with Gasteiger partial charge in [0.05, 0.1) is 26.4 Å². The zero-order chi connectivity index (χ0) is 50.1. The lowest BCUT2D eigenvalue weighted by Crippen LogP contribution is -2.68. The average molecular weight is 991 g/mol. The molecule has 4 fully saturated rings. The fourth-order valence-corrected chi connectivity index (χ4v) is 9.33. The Hall–Kier alpha value is -1.51. The van der Waals surface area contributed by atoms with Crippen molar-refractivity contribution in [2.75, 3.05) is 126 Å². The van der Waals surface area contributed by atoms with Crippen LogP contribution in [0.5, 0.6) is 0 Å². The van der Waals surface area contributed by atoms with E-state index in [9.17, 15) is 9.90 Å². The Balaban J connectivity index is 1.63. The highest BCUT2D eigenvalue weighted by molar-refractivity contribution is 5.57. The fourth-order valence-electron chi connectivity index (χ4n) is 9.33. The van der Waals surface area contributed by atoms with Gasteiger partial charge in [-0.15, -0.1) is 6.58 Å². The number of carbonyl (C=O) groups is 1. The van der Waals surface area contributed by atoms with Crippen molar-refractivity contribution in [2.24, 2.45) is 0 Å². The molecule has 0 amide bonds. The third kappa shape index (κ3) is 13.6. The van der Waals surface area contributed by atoms with Gasteiger partial charge in [-0.2, -0.15) is 0 Å². The van der Waals surface area contributed by atoms with Crippen molar-refractivity contribution in [2.45, 2.75) is 141 Å². The first kappa shape index (κ1) is 59.1. The molecule has 4 aliphatic rings. The van der Waals surface area contributed by atoms with E-state index in [1.165, 1.54) is 106 Å². The van der Waals surface area contributed by atoms with E-state index < -0.39 is 141 Å². The molecule has 4 saturated heterocycles. The lowest BCUT2D eigenvalue weighted by atomic mass is 9.95. The van der Waals surface area contributed by atoms with Gasteiger partial charge in [0.25, 0.3) is 0 Å². The number of rotatable bonds is 30. The van der Waals surface area contributed by atoms with Crippen LogP contribution in [0.15, 0.2) is 12.7 Å². The third-order valence-corrected chi connectivity index (χ3v) is 12.6. The molecule has 0 saturated carbocycles. The van der Waals surface area contributed by atoms with Gasteiger partial charge < -0.3 is 114 Å². The van der Waals surface area contributed by atoms with E-state index in [2.05, 4.69) is 6.58 Å². The summed E-state index contributed by atoms with van der Waals surface area (Å²) in [6.07, 6.45) is -19.5. The number of methoxy groups -OCH3 is 14. The highest BCUT2D eigenvalue weighted by Gasteiger charge is 2.58. The predicted octanol–water partition coefficient (Wildman–Crippen LogP) is -1.09. The third-order valence-electron chi connectivity index (χ3n) is 12.6. The lowest BCUT2D eigenvalue weighted by Gasteiger charge is -2.51. The van der Waals surface area contributed by atoms with E-state index in [1.807, 2.05) is 0 Å². The van der Waals surface area contributed by atoms with Crippen LogP contribution in [-0.2, 0) is 109 Å². The molecule has 1 N–H and O–H groups in total. The van der Waals surface area contributed by atoms with E-state index in [4.69, 9.17) is 104 Å². The maximum Gasteiger partial charge on any atom is 0.187 e. The number of carbonyl (C=O) groups excluding carboxylic acids is 1. The number of hydrogen-bond donors (Lipinski definition) is 1. The zero-order valence-corrected chi connectivity index (χ0v) is 41.8. The quantitative estimate of drug-likeness (QED) is 0.0664. The Labute approximate surface area is 399 Å². The minimum Gasteiger partial charge on any atom is -0.387 e. The van der Waals surface area contributed by atoms with Crippen LogP contribution in [0.1, 0.15) is 0 Å². The van der Waals surface area contributed by atoms with Gasteiger partial charge >= 0.3 is 0 Å². The molecule has 0 aromatic rings. The maximum absolute atomic E-state index is 11.9. The van der Waals surface area contributed by atoms with Crippen molar-refractivity contribution in [3.8, 4) is 0 Å². The van der Waals surface area contributed by atoms with Crippen LogP contribution in [0.2, 0.25) is 0 Å². The van der Waals surface area contributed by atoms with Crippen LogP contribution in [0.3, 0.4) is 0 Å². The molecule has 0 bridgehead atoms. The Kier molecular flexibility index (Phi) is 25.9. The summed E-state index contributed by atoms with van der Waals surface area (Å²) < 4.78 is 134. The summed E-state index contributed by atoms with van der Waals surface area (Å²) in [6, 6.07) is 0. The van der Waals surface area contributed by atoms with Gasteiger partial charge in [-0.05, 0) is 0 Å². The molecule has 0 aromatic carbocycles. The van der Waals surface area contributed by atoms with Crippen molar-refractivity contribution < 1.29 is 114 Å². The second-order valence-electron chi connectivity index (χ2n) is 16.3. The van der Waals surface area contributed by atoms with Crippen LogP contribution in [0.4, 0.5) is 0 Å². The molecule has 398 valence electrons. The Bertz CT molecular complexity index is 1400. The molecule has 0 unspecified atom stereocenters. The number of aldehydes is 1. The molecule has 0 radical (unpaired) electrons. The molecular formula is C44H78O24. The van der Waals surface area contributed by atoms with E-state index in [1.54, 1.807) is 0 Å². The van der Waals surface area contributed by atoms with Gasteiger partial charge in [0, 0.05) is 99.5 Å². The normalized spacial score (nSPS) is 40.4. The number of hydrogen-bond acceptors (Lipinski definition) is 24. The summed E-state index contributed by atoms with van der Waals surface area (Å²) in [7, 11) is 20.7. The van der Waals surface area contributed by atoms with Crippen molar-refractivity contribution in [1.82, 2.24) is 0 Å². The zero-order valence-electron chi connectivity index (χ0n) is 41.8. The minimum atomic E-state index is -1.16. The van der Waals surface area contributed by atoms with Gasteiger partial charge in [-0.25, -0.2) is 0 Å². The monoisotopic (exact) mass is 990 g/mol. The fraction of sp³-hybridized carbons (Fsp3) is 0.932. The molecule has 24 nitrogen and oxygen atoms in total. The first-order chi connectivity index (χ1) is 33.0. The van der Waals surface area contributed by atoms with Crippen molar-refractivity contribution in [3.63, 3.8) is 0 Å². The van der Waals surface area contributed by atoms with Crippen molar-refractivity contribution in [1.29, 1.82) is 0 Å². The lowest BCUT2D eigenvalue weighted by molar-refractivity contribution is -0.395. The minimum absolute atomic E-state index is 0.00143. The largest absolute Gasteiger partial charge is 0.387 e.